The average Bonchev–Trinajstić information content (AvgIpc) is 3.05. The van der Waals surface area contributed by atoms with Crippen LogP contribution in [0.1, 0.15) is 5.82 Å². The van der Waals surface area contributed by atoms with Crippen LogP contribution < -0.4 is 5.56 Å². The molecule has 2 aromatic carbocycles. The van der Waals surface area contributed by atoms with Gasteiger partial charge in [0.2, 0.25) is 5.88 Å². The van der Waals surface area contributed by atoms with E-state index >= 15 is 0 Å². The first kappa shape index (κ1) is 14.7. The molecular weight excluding hydrogens is 326 g/mol. The van der Waals surface area contributed by atoms with Gasteiger partial charge in [0.25, 0.3) is 5.56 Å². The maximum atomic E-state index is 12.8. The van der Waals surface area contributed by atoms with Crippen molar-refractivity contribution in [2.45, 2.75) is 6.92 Å². The Morgan fingerprint density at radius 3 is 2.67 bits per heavy atom. The number of hydrogen-bond acceptors (Lipinski definition) is 4. The minimum atomic E-state index is -0.218. The third kappa shape index (κ3) is 2.39. The SMILES string of the molecule is Cc1nc2cc(Cl)ccc2c(=O)n1-c1cc(-c2ccccc2)no1. The third-order valence-electron chi connectivity index (χ3n) is 3.79. The number of halogens is 1. The van der Waals surface area contributed by atoms with Crippen LogP contribution in [0.5, 0.6) is 0 Å². The molecule has 2 heterocycles. The van der Waals surface area contributed by atoms with Gasteiger partial charge in [-0.3, -0.25) is 4.79 Å². The zero-order chi connectivity index (χ0) is 16.7. The van der Waals surface area contributed by atoms with Gasteiger partial charge in [-0.25, -0.2) is 9.55 Å². The van der Waals surface area contributed by atoms with Crippen molar-refractivity contribution in [3.05, 3.63) is 75.8 Å². The second-order valence-electron chi connectivity index (χ2n) is 5.38. The fourth-order valence-electron chi connectivity index (χ4n) is 2.65. The number of nitrogens with zero attached hydrogens (tertiary/aromatic N) is 3. The highest BCUT2D eigenvalue weighted by Crippen LogP contribution is 2.22. The first-order valence-electron chi connectivity index (χ1n) is 7.35. The lowest BCUT2D eigenvalue weighted by atomic mass is 10.1. The summed E-state index contributed by atoms with van der Waals surface area (Å²) in [7, 11) is 0. The molecule has 0 unspecified atom stereocenters. The maximum absolute atomic E-state index is 12.8. The predicted octanol–water partition coefficient (Wildman–Crippen LogP) is 4.00. The first-order valence-corrected chi connectivity index (χ1v) is 7.73. The van der Waals surface area contributed by atoms with Crippen LogP contribution in [0, 0.1) is 6.92 Å². The highest BCUT2D eigenvalue weighted by molar-refractivity contribution is 6.31. The Bertz CT molecular complexity index is 1100. The van der Waals surface area contributed by atoms with Gasteiger partial charge in [0.15, 0.2) is 0 Å². The van der Waals surface area contributed by atoms with E-state index in [0.717, 1.165) is 5.56 Å². The highest BCUT2D eigenvalue weighted by Gasteiger charge is 2.15. The molecule has 4 rings (SSSR count). The van der Waals surface area contributed by atoms with E-state index in [1.165, 1.54) is 4.57 Å². The van der Waals surface area contributed by atoms with Crippen LogP contribution >= 0.6 is 11.6 Å². The van der Waals surface area contributed by atoms with Crippen LogP contribution in [-0.2, 0) is 0 Å². The van der Waals surface area contributed by atoms with Gasteiger partial charge < -0.3 is 4.52 Å². The maximum Gasteiger partial charge on any atom is 0.268 e. The van der Waals surface area contributed by atoms with E-state index in [0.29, 0.717) is 33.3 Å². The van der Waals surface area contributed by atoms with E-state index in [1.807, 2.05) is 30.3 Å². The average molecular weight is 338 g/mol. The minimum absolute atomic E-state index is 0.218. The number of benzene rings is 2. The number of aromatic nitrogens is 3. The summed E-state index contributed by atoms with van der Waals surface area (Å²) in [6, 6.07) is 16.4. The summed E-state index contributed by atoms with van der Waals surface area (Å²) < 4.78 is 6.80. The standard InChI is InChI=1S/C18H12ClN3O2/c1-11-20-16-9-13(19)7-8-14(16)18(23)22(11)17-10-15(21-24-17)12-5-3-2-4-6-12/h2-10H,1H3. The largest absolute Gasteiger partial charge is 0.337 e. The van der Waals surface area contributed by atoms with Gasteiger partial charge in [0.05, 0.1) is 10.9 Å². The normalized spacial score (nSPS) is 11.1. The lowest BCUT2D eigenvalue weighted by Crippen LogP contribution is -2.21. The van der Waals surface area contributed by atoms with E-state index < -0.39 is 0 Å². The Kier molecular flexibility index (Phi) is 3.43. The Labute approximate surface area is 142 Å². The molecule has 0 spiro atoms. The second-order valence-corrected chi connectivity index (χ2v) is 5.81. The van der Waals surface area contributed by atoms with Crippen molar-refractivity contribution in [3.63, 3.8) is 0 Å². The van der Waals surface area contributed by atoms with E-state index in [-0.39, 0.29) is 5.56 Å². The lowest BCUT2D eigenvalue weighted by molar-refractivity contribution is 0.404. The van der Waals surface area contributed by atoms with Gasteiger partial charge in [-0.05, 0) is 25.1 Å². The quantitative estimate of drug-likeness (QED) is 0.554. The molecule has 0 aliphatic carbocycles. The molecule has 0 radical (unpaired) electrons. The number of rotatable bonds is 2. The van der Waals surface area contributed by atoms with Crippen molar-refractivity contribution in [1.82, 2.24) is 14.7 Å². The monoisotopic (exact) mass is 337 g/mol. The van der Waals surface area contributed by atoms with Crippen molar-refractivity contribution >= 4 is 22.5 Å². The van der Waals surface area contributed by atoms with Crippen molar-refractivity contribution in [3.8, 4) is 17.1 Å². The number of fused-ring (bicyclic) bond motifs is 1. The summed E-state index contributed by atoms with van der Waals surface area (Å²) in [5, 5.41) is 5.07. The molecule has 4 aromatic rings. The Balaban J connectivity index is 1.90. The molecule has 0 aliphatic rings. The lowest BCUT2D eigenvalue weighted by Gasteiger charge is -2.07. The molecule has 24 heavy (non-hydrogen) atoms. The zero-order valence-corrected chi connectivity index (χ0v) is 13.5. The second kappa shape index (κ2) is 5.62. The van der Waals surface area contributed by atoms with Crippen LogP contribution in [0.15, 0.2) is 63.9 Å². The Morgan fingerprint density at radius 1 is 1.08 bits per heavy atom. The van der Waals surface area contributed by atoms with E-state index in [2.05, 4.69) is 10.1 Å². The van der Waals surface area contributed by atoms with Crippen LogP contribution in [0.25, 0.3) is 28.0 Å². The molecule has 6 heteroatoms. The van der Waals surface area contributed by atoms with E-state index in [4.69, 9.17) is 16.1 Å². The van der Waals surface area contributed by atoms with Crippen molar-refractivity contribution in [2.75, 3.05) is 0 Å². The Hall–Kier alpha value is -2.92. The van der Waals surface area contributed by atoms with Gasteiger partial charge in [0, 0.05) is 16.7 Å². The summed E-state index contributed by atoms with van der Waals surface area (Å²) in [4.78, 5) is 17.2. The molecule has 0 saturated heterocycles. The molecule has 0 fully saturated rings. The molecule has 0 atom stereocenters. The fourth-order valence-corrected chi connectivity index (χ4v) is 2.81. The first-order chi connectivity index (χ1) is 11.6. The van der Waals surface area contributed by atoms with Gasteiger partial charge >= 0.3 is 0 Å². The van der Waals surface area contributed by atoms with Crippen LogP contribution in [-0.4, -0.2) is 14.7 Å². The van der Waals surface area contributed by atoms with Crippen molar-refractivity contribution in [2.24, 2.45) is 0 Å². The summed E-state index contributed by atoms with van der Waals surface area (Å²) in [5.74, 6) is 0.839. The van der Waals surface area contributed by atoms with Gasteiger partial charge in [-0.1, -0.05) is 47.1 Å². The third-order valence-corrected chi connectivity index (χ3v) is 4.02. The molecule has 0 amide bonds. The van der Waals surface area contributed by atoms with E-state index in [9.17, 15) is 4.79 Å². The van der Waals surface area contributed by atoms with Crippen LogP contribution in [0.3, 0.4) is 0 Å². The van der Waals surface area contributed by atoms with Gasteiger partial charge in [0.1, 0.15) is 11.5 Å². The molecule has 2 aromatic heterocycles. The molecule has 118 valence electrons. The summed E-state index contributed by atoms with van der Waals surface area (Å²) in [6.07, 6.45) is 0. The van der Waals surface area contributed by atoms with Gasteiger partial charge in [-0.15, -0.1) is 0 Å². The molecular formula is C18H12ClN3O2. The van der Waals surface area contributed by atoms with Crippen LogP contribution in [0.4, 0.5) is 0 Å². The Morgan fingerprint density at radius 2 is 1.88 bits per heavy atom. The van der Waals surface area contributed by atoms with Crippen molar-refractivity contribution < 1.29 is 4.52 Å². The zero-order valence-electron chi connectivity index (χ0n) is 12.7. The summed E-state index contributed by atoms with van der Waals surface area (Å²) in [5.41, 5.74) is 1.92. The summed E-state index contributed by atoms with van der Waals surface area (Å²) in [6.45, 7) is 1.74. The van der Waals surface area contributed by atoms with E-state index in [1.54, 1.807) is 31.2 Å². The molecule has 0 bridgehead atoms. The highest BCUT2D eigenvalue weighted by atomic mass is 35.5. The topological polar surface area (TPSA) is 60.9 Å². The molecule has 0 aliphatic heterocycles. The van der Waals surface area contributed by atoms with Gasteiger partial charge in [-0.2, -0.15) is 0 Å². The predicted molar refractivity (Wildman–Crippen MR) is 92.6 cm³/mol. The van der Waals surface area contributed by atoms with Crippen LogP contribution in [0.2, 0.25) is 5.02 Å². The number of aryl methyl sites for hydroxylation is 1. The summed E-state index contributed by atoms with van der Waals surface area (Å²) >= 11 is 5.97. The minimum Gasteiger partial charge on any atom is -0.337 e. The molecule has 5 nitrogen and oxygen atoms in total. The fraction of sp³-hybridized carbons (Fsp3) is 0.0556. The number of hydrogen-bond donors (Lipinski definition) is 0. The molecule has 0 N–H and O–H groups in total. The smallest absolute Gasteiger partial charge is 0.268 e. The molecule has 0 saturated carbocycles. The van der Waals surface area contributed by atoms with Crippen molar-refractivity contribution in [1.29, 1.82) is 0 Å².